The van der Waals surface area contributed by atoms with Gasteiger partial charge in [-0.1, -0.05) is 0 Å². The van der Waals surface area contributed by atoms with E-state index in [-0.39, 0.29) is 5.75 Å². The van der Waals surface area contributed by atoms with Gasteiger partial charge in [0.15, 0.2) is 11.4 Å². The number of imidazole rings is 1. The van der Waals surface area contributed by atoms with Gasteiger partial charge in [-0.25, -0.2) is 4.98 Å². The molecule has 1 aliphatic rings. The molecule has 5 heteroatoms. The number of aryl methyl sites for hydroxylation is 1. The lowest BCUT2D eigenvalue weighted by Crippen LogP contribution is -2.03. The van der Waals surface area contributed by atoms with Crippen molar-refractivity contribution >= 4 is 21.6 Å². The van der Waals surface area contributed by atoms with Crippen LogP contribution in [0.25, 0.3) is 5.65 Å². The van der Waals surface area contributed by atoms with E-state index in [1.165, 1.54) is 12.8 Å². The van der Waals surface area contributed by atoms with E-state index in [1.54, 1.807) is 16.8 Å². The largest absolute Gasteiger partial charge is 0.489 e. The quantitative estimate of drug-likeness (QED) is 0.869. The van der Waals surface area contributed by atoms with Crippen LogP contribution in [0.2, 0.25) is 0 Å². The summed E-state index contributed by atoms with van der Waals surface area (Å²) in [7, 11) is 0. The first kappa shape index (κ1) is 11.0. The fourth-order valence-corrected chi connectivity index (χ4v) is 2.29. The molecule has 0 aromatic carbocycles. The SMILES string of the molecule is Cc1cn2cc(Br)c(OCC3CC3)c(F)c2n1. The van der Waals surface area contributed by atoms with Gasteiger partial charge in [0.25, 0.3) is 0 Å². The van der Waals surface area contributed by atoms with Crippen LogP contribution in [0.5, 0.6) is 5.75 Å². The maximum absolute atomic E-state index is 14.2. The molecule has 3 rings (SSSR count). The van der Waals surface area contributed by atoms with Crippen molar-refractivity contribution in [1.82, 2.24) is 9.38 Å². The summed E-state index contributed by atoms with van der Waals surface area (Å²) in [5, 5.41) is 0. The number of ether oxygens (including phenoxy) is 1. The second kappa shape index (κ2) is 3.98. The lowest BCUT2D eigenvalue weighted by atomic mass is 10.4. The summed E-state index contributed by atoms with van der Waals surface area (Å²) in [6.45, 7) is 2.43. The highest BCUT2D eigenvalue weighted by Crippen LogP contribution is 2.34. The number of pyridine rings is 1. The maximum Gasteiger partial charge on any atom is 0.209 e. The number of fused-ring (bicyclic) bond motifs is 1. The van der Waals surface area contributed by atoms with Gasteiger partial charge < -0.3 is 9.14 Å². The second-order valence-corrected chi connectivity index (χ2v) is 5.34. The van der Waals surface area contributed by atoms with Gasteiger partial charge in [-0.05, 0) is 41.6 Å². The highest BCUT2D eigenvalue weighted by molar-refractivity contribution is 9.10. The molecule has 1 saturated carbocycles. The normalized spacial score (nSPS) is 15.5. The third-order valence-electron chi connectivity index (χ3n) is 2.88. The van der Waals surface area contributed by atoms with Crippen LogP contribution >= 0.6 is 15.9 Å². The molecule has 0 amide bonds. The summed E-state index contributed by atoms with van der Waals surface area (Å²) < 4.78 is 22.0. The highest BCUT2D eigenvalue weighted by Gasteiger charge is 2.24. The first-order valence-corrected chi connectivity index (χ1v) is 6.40. The number of rotatable bonds is 3. The van der Waals surface area contributed by atoms with Crippen LogP contribution < -0.4 is 4.74 Å². The van der Waals surface area contributed by atoms with Gasteiger partial charge in [0.05, 0.1) is 16.8 Å². The van der Waals surface area contributed by atoms with Crippen molar-refractivity contribution in [3.8, 4) is 5.75 Å². The van der Waals surface area contributed by atoms with Crippen molar-refractivity contribution in [2.24, 2.45) is 5.92 Å². The number of hydrogen-bond donors (Lipinski definition) is 0. The zero-order valence-corrected chi connectivity index (χ0v) is 11.0. The molecular formula is C12H12BrFN2O. The van der Waals surface area contributed by atoms with Crippen molar-refractivity contribution in [2.75, 3.05) is 6.61 Å². The molecule has 17 heavy (non-hydrogen) atoms. The van der Waals surface area contributed by atoms with Gasteiger partial charge in [0, 0.05) is 12.4 Å². The molecule has 0 spiro atoms. The Morgan fingerprint density at radius 3 is 3.00 bits per heavy atom. The maximum atomic E-state index is 14.2. The molecule has 3 nitrogen and oxygen atoms in total. The Labute approximate surface area is 107 Å². The zero-order chi connectivity index (χ0) is 12.0. The molecule has 0 N–H and O–H groups in total. The molecular weight excluding hydrogens is 287 g/mol. The molecule has 2 aromatic heterocycles. The standard InChI is InChI=1S/C12H12BrFN2O/c1-7-4-16-5-9(13)11(10(14)12(16)15-7)17-6-8-2-3-8/h4-5,8H,2-3,6H2,1H3. The molecule has 0 radical (unpaired) electrons. The fourth-order valence-electron chi connectivity index (χ4n) is 1.78. The van der Waals surface area contributed by atoms with Crippen molar-refractivity contribution in [2.45, 2.75) is 19.8 Å². The van der Waals surface area contributed by atoms with Crippen molar-refractivity contribution < 1.29 is 9.13 Å². The minimum Gasteiger partial charge on any atom is -0.489 e. The number of aromatic nitrogens is 2. The third kappa shape index (κ3) is 2.04. The van der Waals surface area contributed by atoms with Crippen LogP contribution in [0.1, 0.15) is 18.5 Å². The molecule has 0 aliphatic heterocycles. The molecule has 1 aliphatic carbocycles. The van der Waals surface area contributed by atoms with E-state index in [4.69, 9.17) is 4.74 Å². The van der Waals surface area contributed by atoms with Gasteiger partial charge in [0.2, 0.25) is 5.82 Å². The minimum absolute atomic E-state index is 0.273. The Morgan fingerprint density at radius 1 is 1.53 bits per heavy atom. The Bertz CT molecular complexity index is 577. The van der Waals surface area contributed by atoms with E-state index >= 15 is 0 Å². The van der Waals surface area contributed by atoms with E-state index in [0.29, 0.717) is 22.6 Å². The summed E-state index contributed by atoms with van der Waals surface area (Å²) in [6, 6.07) is 0. The van der Waals surface area contributed by atoms with Gasteiger partial charge >= 0.3 is 0 Å². The van der Waals surface area contributed by atoms with E-state index in [0.717, 1.165) is 5.69 Å². The molecule has 0 unspecified atom stereocenters. The molecule has 90 valence electrons. The van der Waals surface area contributed by atoms with E-state index in [1.807, 2.05) is 6.92 Å². The summed E-state index contributed by atoms with van der Waals surface area (Å²) >= 11 is 3.33. The Kier molecular flexibility index (Phi) is 2.58. The Morgan fingerprint density at radius 2 is 2.29 bits per heavy atom. The minimum atomic E-state index is -0.395. The summed E-state index contributed by atoms with van der Waals surface area (Å²) in [4.78, 5) is 4.14. The van der Waals surface area contributed by atoms with Gasteiger partial charge in [-0.2, -0.15) is 4.39 Å². The molecule has 2 aromatic rings. The van der Waals surface area contributed by atoms with E-state index in [9.17, 15) is 4.39 Å². The summed E-state index contributed by atoms with van der Waals surface area (Å²) in [6.07, 6.45) is 5.93. The lowest BCUT2D eigenvalue weighted by molar-refractivity contribution is 0.283. The number of hydrogen-bond acceptors (Lipinski definition) is 2. The van der Waals surface area contributed by atoms with Crippen LogP contribution in [-0.4, -0.2) is 16.0 Å². The highest BCUT2D eigenvalue weighted by atomic mass is 79.9. The van der Waals surface area contributed by atoms with Crippen molar-refractivity contribution in [1.29, 1.82) is 0 Å². The first-order valence-electron chi connectivity index (χ1n) is 5.61. The average molecular weight is 299 g/mol. The molecule has 0 bridgehead atoms. The summed E-state index contributed by atoms with van der Waals surface area (Å²) in [5.41, 5.74) is 1.10. The molecule has 1 fully saturated rings. The number of nitrogens with zero attached hydrogens (tertiary/aromatic N) is 2. The van der Waals surface area contributed by atoms with Crippen LogP contribution in [0.15, 0.2) is 16.9 Å². The third-order valence-corrected chi connectivity index (χ3v) is 3.44. The number of halogens is 2. The zero-order valence-electron chi connectivity index (χ0n) is 9.41. The van der Waals surface area contributed by atoms with Crippen molar-refractivity contribution in [3.63, 3.8) is 0 Å². The molecule has 0 atom stereocenters. The molecule has 2 heterocycles. The fraction of sp³-hybridized carbons (Fsp3) is 0.417. The van der Waals surface area contributed by atoms with Gasteiger partial charge in [0.1, 0.15) is 0 Å². The Hall–Kier alpha value is -1.10. The average Bonchev–Trinajstić information content (AvgIpc) is 3.01. The predicted octanol–water partition coefficient (Wildman–Crippen LogP) is 3.33. The van der Waals surface area contributed by atoms with Crippen LogP contribution in [-0.2, 0) is 0 Å². The Balaban J connectivity index is 2.02. The first-order chi connectivity index (χ1) is 8.15. The monoisotopic (exact) mass is 298 g/mol. The topological polar surface area (TPSA) is 26.5 Å². The summed E-state index contributed by atoms with van der Waals surface area (Å²) in [5.74, 6) is 0.474. The van der Waals surface area contributed by atoms with E-state index < -0.39 is 5.82 Å². The van der Waals surface area contributed by atoms with Crippen LogP contribution in [0.3, 0.4) is 0 Å². The van der Waals surface area contributed by atoms with Crippen molar-refractivity contribution in [3.05, 3.63) is 28.4 Å². The molecule has 0 saturated heterocycles. The van der Waals surface area contributed by atoms with Crippen LogP contribution in [0.4, 0.5) is 4.39 Å². The predicted molar refractivity (Wildman–Crippen MR) is 65.8 cm³/mol. The van der Waals surface area contributed by atoms with Gasteiger partial charge in [-0.3, -0.25) is 0 Å². The second-order valence-electron chi connectivity index (χ2n) is 4.49. The van der Waals surface area contributed by atoms with Crippen LogP contribution in [0, 0.1) is 18.7 Å². The smallest absolute Gasteiger partial charge is 0.209 e. The van der Waals surface area contributed by atoms with Gasteiger partial charge in [-0.15, -0.1) is 0 Å². The lowest BCUT2D eigenvalue weighted by Gasteiger charge is -2.09. The van der Waals surface area contributed by atoms with E-state index in [2.05, 4.69) is 20.9 Å².